The normalized spacial score (nSPS) is 12.4. The quantitative estimate of drug-likeness (QED) is 0.693. The fourth-order valence-corrected chi connectivity index (χ4v) is 2.08. The van der Waals surface area contributed by atoms with Gasteiger partial charge < -0.3 is 0 Å². The molecule has 0 heterocycles. The molecule has 0 spiro atoms. The van der Waals surface area contributed by atoms with Gasteiger partial charge >= 0.3 is 0 Å². The summed E-state index contributed by atoms with van der Waals surface area (Å²) in [5.41, 5.74) is 2.81. The lowest BCUT2D eigenvalue weighted by Gasteiger charge is -2.15. The minimum atomic E-state index is -0.131. The Bertz CT molecular complexity index is 488. The van der Waals surface area contributed by atoms with E-state index in [4.69, 9.17) is 0 Å². The predicted molar refractivity (Wildman–Crippen MR) is 70.5 cm³/mol. The van der Waals surface area contributed by atoms with Gasteiger partial charge in [0, 0.05) is 5.56 Å². The summed E-state index contributed by atoms with van der Waals surface area (Å²) in [4.78, 5) is 0. The third kappa shape index (κ3) is 2.38. The Morgan fingerprint density at radius 1 is 1.00 bits per heavy atom. The van der Waals surface area contributed by atoms with Crippen LogP contribution in [0.5, 0.6) is 0 Å². The molecular formula is C16H17F. The van der Waals surface area contributed by atoms with Crippen LogP contribution in [-0.2, 0) is 0 Å². The van der Waals surface area contributed by atoms with Gasteiger partial charge in [0.05, 0.1) is 0 Å². The Kier molecular flexibility index (Phi) is 3.58. The van der Waals surface area contributed by atoms with Crippen LogP contribution in [0.25, 0.3) is 11.1 Å². The zero-order valence-corrected chi connectivity index (χ0v) is 10.3. The highest BCUT2D eigenvalue weighted by molar-refractivity contribution is 5.68. The molecule has 0 radical (unpaired) electrons. The summed E-state index contributed by atoms with van der Waals surface area (Å²) >= 11 is 0. The Morgan fingerprint density at radius 2 is 1.71 bits per heavy atom. The smallest absolute Gasteiger partial charge is 0.131 e. The lowest BCUT2D eigenvalue weighted by atomic mass is 9.90. The van der Waals surface area contributed by atoms with Gasteiger partial charge in [-0.1, -0.05) is 56.3 Å². The van der Waals surface area contributed by atoms with Crippen molar-refractivity contribution < 1.29 is 4.39 Å². The molecule has 0 N–H and O–H groups in total. The molecule has 1 atom stereocenters. The van der Waals surface area contributed by atoms with Crippen molar-refractivity contribution in [1.29, 1.82) is 0 Å². The molecule has 0 aliphatic rings. The van der Waals surface area contributed by atoms with Crippen LogP contribution in [0.2, 0.25) is 0 Å². The van der Waals surface area contributed by atoms with Gasteiger partial charge in [-0.2, -0.15) is 0 Å². The highest BCUT2D eigenvalue weighted by atomic mass is 19.1. The first-order valence-corrected chi connectivity index (χ1v) is 6.08. The van der Waals surface area contributed by atoms with Gasteiger partial charge in [0.15, 0.2) is 0 Å². The molecule has 1 unspecified atom stereocenters. The van der Waals surface area contributed by atoms with Crippen LogP contribution in [0.4, 0.5) is 4.39 Å². The maximum Gasteiger partial charge on any atom is 0.131 e. The SMILES string of the molecule is CCC(C)c1cccc(F)c1-c1ccccc1. The van der Waals surface area contributed by atoms with E-state index in [1.807, 2.05) is 36.4 Å². The minimum Gasteiger partial charge on any atom is -0.206 e. The van der Waals surface area contributed by atoms with Crippen LogP contribution in [0, 0.1) is 5.82 Å². The standard InChI is InChI=1S/C16H17F/c1-3-12(2)14-10-7-11-15(17)16(14)13-8-5-4-6-9-13/h4-12H,3H2,1-2H3. The van der Waals surface area contributed by atoms with E-state index < -0.39 is 0 Å². The topological polar surface area (TPSA) is 0 Å². The second kappa shape index (κ2) is 5.13. The van der Waals surface area contributed by atoms with Crippen LogP contribution in [0.1, 0.15) is 31.7 Å². The van der Waals surface area contributed by atoms with Gasteiger partial charge in [-0.3, -0.25) is 0 Å². The number of benzene rings is 2. The lowest BCUT2D eigenvalue weighted by molar-refractivity contribution is 0.624. The van der Waals surface area contributed by atoms with E-state index >= 15 is 0 Å². The molecule has 0 amide bonds. The minimum absolute atomic E-state index is 0.131. The van der Waals surface area contributed by atoms with E-state index in [9.17, 15) is 4.39 Å². The Balaban J connectivity index is 2.59. The van der Waals surface area contributed by atoms with E-state index in [1.165, 1.54) is 6.07 Å². The van der Waals surface area contributed by atoms with Crippen molar-refractivity contribution >= 4 is 0 Å². The van der Waals surface area contributed by atoms with Gasteiger partial charge in [-0.15, -0.1) is 0 Å². The molecule has 0 aromatic heterocycles. The van der Waals surface area contributed by atoms with E-state index in [-0.39, 0.29) is 5.82 Å². The van der Waals surface area contributed by atoms with Gasteiger partial charge in [0.2, 0.25) is 0 Å². The molecule has 2 aromatic carbocycles. The van der Waals surface area contributed by atoms with Gasteiger partial charge in [0.25, 0.3) is 0 Å². The zero-order valence-electron chi connectivity index (χ0n) is 10.3. The first-order valence-electron chi connectivity index (χ1n) is 6.08. The molecular weight excluding hydrogens is 211 g/mol. The van der Waals surface area contributed by atoms with Crippen molar-refractivity contribution in [2.45, 2.75) is 26.2 Å². The van der Waals surface area contributed by atoms with Crippen LogP contribution in [-0.4, -0.2) is 0 Å². The molecule has 0 saturated carbocycles. The number of halogens is 1. The molecule has 0 aliphatic carbocycles. The maximum absolute atomic E-state index is 14.0. The largest absolute Gasteiger partial charge is 0.206 e. The lowest BCUT2D eigenvalue weighted by Crippen LogP contribution is -1.97. The molecule has 88 valence electrons. The van der Waals surface area contributed by atoms with Crippen molar-refractivity contribution in [3.05, 3.63) is 59.9 Å². The predicted octanol–water partition coefficient (Wildman–Crippen LogP) is 5.01. The average molecular weight is 228 g/mol. The van der Waals surface area contributed by atoms with Crippen LogP contribution in [0.3, 0.4) is 0 Å². The van der Waals surface area contributed by atoms with Crippen LogP contribution < -0.4 is 0 Å². The van der Waals surface area contributed by atoms with Crippen LogP contribution >= 0.6 is 0 Å². The fraction of sp³-hybridized carbons (Fsp3) is 0.250. The van der Waals surface area contributed by atoms with Crippen molar-refractivity contribution in [3.63, 3.8) is 0 Å². The number of hydrogen-bond donors (Lipinski definition) is 0. The molecule has 2 rings (SSSR count). The van der Waals surface area contributed by atoms with Crippen molar-refractivity contribution in [3.8, 4) is 11.1 Å². The summed E-state index contributed by atoms with van der Waals surface area (Å²) in [7, 11) is 0. The summed E-state index contributed by atoms with van der Waals surface area (Å²) in [5, 5.41) is 0. The molecule has 0 nitrogen and oxygen atoms in total. The Hall–Kier alpha value is -1.63. The van der Waals surface area contributed by atoms with Gasteiger partial charge in [0.1, 0.15) is 5.82 Å². The molecule has 2 aromatic rings. The van der Waals surface area contributed by atoms with E-state index in [0.717, 1.165) is 23.1 Å². The third-order valence-electron chi connectivity index (χ3n) is 3.25. The monoisotopic (exact) mass is 228 g/mol. The summed E-state index contributed by atoms with van der Waals surface area (Å²) in [5.74, 6) is 0.245. The first-order chi connectivity index (χ1) is 8.24. The maximum atomic E-state index is 14.0. The summed E-state index contributed by atoms with van der Waals surface area (Å²) in [6.07, 6.45) is 1.02. The third-order valence-corrected chi connectivity index (χ3v) is 3.25. The molecule has 0 bridgehead atoms. The molecule has 1 heteroatoms. The van der Waals surface area contributed by atoms with E-state index in [0.29, 0.717) is 5.92 Å². The van der Waals surface area contributed by atoms with Crippen molar-refractivity contribution in [2.75, 3.05) is 0 Å². The number of hydrogen-bond acceptors (Lipinski definition) is 0. The second-order valence-electron chi connectivity index (χ2n) is 4.38. The van der Waals surface area contributed by atoms with Crippen molar-refractivity contribution in [2.24, 2.45) is 0 Å². The summed E-state index contributed by atoms with van der Waals surface area (Å²) in [6.45, 7) is 4.27. The molecule has 17 heavy (non-hydrogen) atoms. The first kappa shape index (κ1) is 11.8. The zero-order chi connectivity index (χ0) is 12.3. The van der Waals surface area contributed by atoms with Crippen LogP contribution in [0.15, 0.2) is 48.5 Å². The van der Waals surface area contributed by atoms with Gasteiger partial charge in [-0.05, 0) is 29.5 Å². The second-order valence-corrected chi connectivity index (χ2v) is 4.38. The Labute approximate surface area is 102 Å². The highest BCUT2D eigenvalue weighted by Gasteiger charge is 2.14. The van der Waals surface area contributed by atoms with E-state index in [1.54, 1.807) is 6.07 Å². The summed E-state index contributed by atoms with van der Waals surface area (Å²) in [6, 6.07) is 15.1. The van der Waals surface area contributed by atoms with E-state index in [2.05, 4.69) is 13.8 Å². The fourth-order valence-electron chi connectivity index (χ4n) is 2.08. The van der Waals surface area contributed by atoms with Gasteiger partial charge in [-0.25, -0.2) is 4.39 Å². The highest BCUT2D eigenvalue weighted by Crippen LogP contribution is 2.32. The van der Waals surface area contributed by atoms with Crippen molar-refractivity contribution in [1.82, 2.24) is 0 Å². The molecule has 0 fully saturated rings. The number of rotatable bonds is 3. The average Bonchev–Trinajstić information content (AvgIpc) is 2.38. The Morgan fingerprint density at radius 3 is 2.35 bits per heavy atom. The molecule has 0 saturated heterocycles. The summed E-state index contributed by atoms with van der Waals surface area (Å²) < 4.78 is 14.0. The molecule has 0 aliphatic heterocycles.